The molecule has 7 aromatic rings. The van der Waals surface area contributed by atoms with E-state index in [9.17, 15) is 0 Å². The molecule has 10 rings (SSSR count). The van der Waals surface area contributed by atoms with Crippen molar-refractivity contribution >= 4 is 34.4 Å². The molecule has 1 nitrogen and oxygen atoms in total. The summed E-state index contributed by atoms with van der Waals surface area (Å²) in [5.41, 5.74) is 18.3. The predicted octanol–water partition coefficient (Wildman–Crippen LogP) is 13.4. The summed E-state index contributed by atoms with van der Waals surface area (Å²) < 4.78 is 0. The predicted molar refractivity (Wildman–Crippen MR) is 215 cm³/mol. The van der Waals surface area contributed by atoms with Crippen LogP contribution in [0.25, 0.3) is 39.0 Å². The molecule has 1 heterocycles. The second-order valence-corrected chi connectivity index (χ2v) is 14.4. The quantitative estimate of drug-likeness (QED) is 0.168. The van der Waals surface area contributed by atoms with E-state index in [1.807, 2.05) is 30.0 Å². The molecular weight excluding hydrogens is 635 g/mol. The molecular formula is C49H33NS. The molecule has 0 N–H and O–H groups in total. The van der Waals surface area contributed by atoms with Gasteiger partial charge in [0.1, 0.15) is 0 Å². The third-order valence-electron chi connectivity index (χ3n) is 10.8. The van der Waals surface area contributed by atoms with Gasteiger partial charge in [-0.2, -0.15) is 0 Å². The zero-order chi connectivity index (χ0) is 34.1. The zero-order valence-electron chi connectivity index (χ0n) is 28.0. The van der Waals surface area contributed by atoms with Crippen molar-refractivity contribution in [2.75, 3.05) is 4.90 Å². The number of hydrogen-bond donors (Lipinski definition) is 0. The molecule has 0 aromatic heterocycles. The van der Waals surface area contributed by atoms with Crippen molar-refractivity contribution in [3.8, 4) is 33.4 Å². The molecule has 0 amide bonds. The fourth-order valence-electron chi connectivity index (χ4n) is 8.71. The van der Waals surface area contributed by atoms with Crippen LogP contribution < -0.4 is 4.90 Å². The Hall–Kier alpha value is -6.09. The zero-order valence-corrected chi connectivity index (χ0v) is 28.8. The number of nitrogens with zero attached hydrogens (tertiary/aromatic N) is 1. The smallest absolute Gasteiger partial charge is 0.0726 e. The van der Waals surface area contributed by atoms with Gasteiger partial charge in [-0.05, 0) is 103 Å². The first-order valence-corrected chi connectivity index (χ1v) is 18.2. The summed E-state index contributed by atoms with van der Waals surface area (Å²) >= 11 is 1.84. The Kier molecular flexibility index (Phi) is 6.71. The average molecular weight is 668 g/mol. The van der Waals surface area contributed by atoms with E-state index in [0.29, 0.717) is 0 Å². The van der Waals surface area contributed by atoms with E-state index < -0.39 is 5.41 Å². The normalized spacial score (nSPS) is 14.2. The topological polar surface area (TPSA) is 3.24 Å². The van der Waals surface area contributed by atoms with Gasteiger partial charge >= 0.3 is 0 Å². The van der Waals surface area contributed by atoms with E-state index in [1.54, 1.807) is 0 Å². The van der Waals surface area contributed by atoms with Crippen LogP contribution in [0.1, 0.15) is 27.8 Å². The van der Waals surface area contributed by atoms with Gasteiger partial charge in [-0.1, -0.05) is 164 Å². The summed E-state index contributed by atoms with van der Waals surface area (Å²) in [4.78, 5) is 4.90. The maximum atomic E-state index is 4.10. The average Bonchev–Trinajstić information content (AvgIpc) is 3.66. The minimum absolute atomic E-state index is 0.402. The summed E-state index contributed by atoms with van der Waals surface area (Å²) in [5, 5.41) is 0. The third kappa shape index (κ3) is 4.24. The van der Waals surface area contributed by atoms with Gasteiger partial charge in [0.15, 0.2) is 0 Å². The molecule has 0 fully saturated rings. The molecule has 1 aliphatic heterocycles. The van der Waals surface area contributed by atoms with Crippen molar-refractivity contribution < 1.29 is 0 Å². The summed E-state index contributed by atoms with van der Waals surface area (Å²) in [6, 6.07) is 58.5. The highest BCUT2D eigenvalue weighted by molar-refractivity contribution is 7.99. The van der Waals surface area contributed by atoms with Crippen molar-refractivity contribution in [3.63, 3.8) is 0 Å². The number of hydrogen-bond acceptors (Lipinski definition) is 2. The van der Waals surface area contributed by atoms with Crippen molar-refractivity contribution in [1.82, 2.24) is 0 Å². The summed E-state index contributed by atoms with van der Waals surface area (Å²) in [5.74, 6) is 0. The lowest BCUT2D eigenvalue weighted by Crippen LogP contribution is -2.26. The molecule has 0 bridgehead atoms. The van der Waals surface area contributed by atoms with Crippen LogP contribution in [0.4, 0.5) is 17.1 Å². The van der Waals surface area contributed by atoms with E-state index >= 15 is 0 Å². The van der Waals surface area contributed by atoms with Crippen LogP contribution in [-0.4, -0.2) is 0 Å². The summed E-state index contributed by atoms with van der Waals surface area (Å²) in [6.07, 6.45) is 5.76. The van der Waals surface area contributed by atoms with E-state index in [0.717, 1.165) is 16.8 Å². The number of benzene rings is 7. The lowest BCUT2D eigenvalue weighted by molar-refractivity contribution is 0.793. The van der Waals surface area contributed by atoms with E-state index in [1.165, 1.54) is 76.8 Å². The van der Waals surface area contributed by atoms with Crippen LogP contribution in [0.2, 0.25) is 0 Å². The van der Waals surface area contributed by atoms with Crippen LogP contribution >= 0.6 is 11.8 Å². The van der Waals surface area contributed by atoms with Crippen molar-refractivity contribution in [3.05, 3.63) is 217 Å². The Morgan fingerprint density at radius 1 is 0.510 bits per heavy atom. The summed E-state index contributed by atoms with van der Waals surface area (Å²) in [7, 11) is 0. The van der Waals surface area contributed by atoms with Crippen LogP contribution in [0.3, 0.4) is 0 Å². The Labute approximate surface area is 303 Å². The van der Waals surface area contributed by atoms with E-state index in [-0.39, 0.29) is 0 Å². The number of allylic oxidation sites excluding steroid dienone is 4. The second kappa shape index (κ2) is 11.5. The first-order valence-electron chi connectivity index (χ1n) is 17.4. The molecule has 51 heavy (non-hydrogen) atoms. The molecule has 7 aromatic carbocycles. The number of rotatable bonds is 5. The van der Waals surface area contributed by atoms with Crippen molar-refractivity contribution in [2.45, 2.75) is 15.2 Å². The van der Waals surface area contributed by atoms with Gasteiger partial charge in [0.05, 0.1) is 16.8 Å². The molecule has 1 spiro atoms. The SMILES string of the molecule is C=C/C=C(\C=C)c1ccc2c(c1)Sc1cc(-c3ccccc3)ccc1N2c1ccc2c(c1)C1(c3ccccc3-c3ccccc31)c1ccccc1-2. The Balaban J connectivity index is 1.22. The number of fused-ring (bicyclic) bond motifs is 12. The standard InChI is InChI=1S/C49H33NS/c1-3-14-32(4-2)34-23-27-45-47(29-34)51-48-30-35(33-15-6-5-7-16-33)24-28-46(48)50(45)36-25-26-40-39-19-10-13-22-43(39)49(44(40)31-36)41-20-11-8-17-37(41)38-18-9-12-21-42(38)49/h3-31H,1-2H2/b32-14+. The number of anilines is 3. The first kappa shape index (κ1) is 29.8. The van der Waals surface area contributed by atoms with Gasteiger partial charge in [0.25, 0.3) is 0 Å². The minimum atomic E-state index is -0.402. The Morgan fingerprint density at radius 2 is 1.08 bits per heavy atom. The van der Waals surface area contributed by atoms with Crippen LogP contribution in [0.15, 0.2) is 199 Å². The van der Waals surface area contributed by atoms with Crippen molar-refractivity contribution in [1.29, 1.82) is 0 Å². The van der Waals surface area contributed by atoms with Gasteiger partial charge in [-0.25, -0.2) is 0 Å². The monoisotopic (exact) mass is 667 g/mol. The first-order chi connectivity index (χ1) is 25.2. The molecule has 0 saturated heterocycles. The molecule has 0 radical (unpaired) electrons. The fourth-order valence-corrected chi connectivity index (χ4v) is 9.84. The summed E-state index contributed by atoms with van der Waals surface area (Å²) in [6.45, 7) is 8.04. The highest BCUT2D eigenvalue weighted by Crippen LogP contribution is 2.63. The second-order valence-electron chi connectivity index (χ2n) is 13.3. The van der Waals surface area contributed by atoms with Crippen LogP contribution in [0, 0.1) is 0 Å². The Morgan fingerprint density at radius 3 is 1.71 bits per heavy atom. The maximum Gasteiger partial charge on any atom is 0.0726 e. The lowest BCUT2D eigenvalue weighted by atomic mass is 9.70. The molecule has 0 saturated carbocycles. The molecule has 0 atom stereocenters. The minimum Gasteiger partial charge on any atom is -0.308 e. The fraction of sp³-hybridized carbons (Fsp3) is 0.0204. The largest absolute Gasteiger partial charge is 0.308 e. The Bertz CT molecular complexity index is 2550. The lowest BCUT2D eigenvalue weighted by Gasteiger charge is -2.35. The van der Waals surface area contributed by atoms with E-state index in [4.69, 9.17) is 0 Å². The highest BCUT2D eigenvalue weighted by Gasteiger charge is 2.51. The molecule has 240 valence electrons. The van der Waals surface area contributed by atoms with Gasteiger partial charge in [-0.15, -0.1) is 0 Å². The highest BCUT2D eigenvalue weighted by atomic mass is 32.2. The van der Waals surface area contributed by atoms with E-state index in [2.05, 4.69) is 176 Å². The van der Waals surface area contributed by atoms with Gasteiger partial charge in [0.2, 0.25) is 0 Å². The van der Waals surface area contributed by atoms with Gasteiger partial charge in [-0.3, -0.25) is 0 Å². The molecule has 3 aliphatic rings. The van der Waals surface area contributed by atoms with Crippen LogP contribution in [-0.2, 0) is 5.41 Å². The third-order valence-corrected chi connectivity index (χ3v) is 11.9. The maximum absolute atomic E-state index is 4.10. The molecule has 0 unspecified atom stereocenters. The molecule has 2 heteroatoms. The molecule has 2 aliphatic carbocycles. The van der Waals surface area contributed by atoms with Gasteiger partial charge in [0, 0.05) is 15.5 Å². The van der Waals surface area contributed by atoms with Gasteiger partial charge < -0.3 is 4.90 Å². The van der Waals surface area contributed by atoms with Crippen LogP contribution in [0.5, 0.6) is 0 Å². The van der Waals surface area contributed by atoms with Crippen molar-refractivity contribution in [2.24, 2.45) is 0 Å².